The molecule has 0 spiro atoms. The van der Waals surface area contributed by atoms with Gasteiger partial charge in [-0.3, -0.25) is 9.59 Å². The fraction of sp³-hybridized carbons (Fsp3) is 0.231. The zero-order valence-electron chi connectivity index (χ0n) is 18.2. The summed E-state index contributed by atoms with van der Waals surface area (Å²) in [5, 5.41) is 2.88. The molecule has 31 heavy (non-hydrogen) atoms. The zero-order valence-corrected chi connectivity index (χ0v) is 18.2. The van der Waals surface area contributed by atoms with Gasteiger partial charge in [-0.1, -0.05) is 50.2 Å². The smallest absolute Gasteiger partial charge is 0.259 e. The van der Waals surface area contributed by atoms with Gasteiger partial charge in [0, 0.05) is 24.0 Å². The van der Waals surface area contributed by atoms with E-state index in [2.05, 4.69) is 19.2 Å². The molecule has 0 saturated heterocycles. The van der Waals surface area contributed by atoms with Crippen molar-refractivity contribution in [3.8, 4) is 5.75 Å². The molecule has 5 heteroatoms. The molecule has 160 valence electrons. The maximum Gasteiger partial charge on any atom is 0.259 e. The predicted octanol–water partition coefficient (Wildman–Crippen LogP) is 5.64. The molecule has 0 bridgehead atoms. The van der Waals surface area contributed by atoms with Gasteiger partial charge < -0.3 is 15.0 Å². The molecule has 5 nitrogen and oxygen atoms in total. The predicted molar refractivity (Wildman–Crippen MR) is 125 cm³/mol. The lowest BCUT2D eigenvalue weighted by molar-refractivity contribution is 0.0989. The van der Waals surface area contributed by atoms with Crippen LogP contribution in [0.4, 0.5) is 11.4 Å². The average molecular weight is 417 g/mol. The first-order chi connectivity index (χ1) is 15.0. The molecule has 0 aliphatic heterocycles. The van der Waals surface area contributed by atoms with Crippen LogP contribution >= 0.6 is 0 Å². The van der Waals surface area contributed by atoms with Gasteiger partial charge in [0.25, 0.3) is 11.8 Å². The maximum atomic E-state index is 12.9. The molecule has 2 amide bonds. The Labute approximate surface area is 183 Å². The van der Waals surface area contributed by atoms with E-state index < -0.39 is 0 Å². The molecule has 0 fully saturated rings. The van der Waals surface area contributed by atoms with Crippen molar-refractivity contribution >= 4 is 23.2 Å². The highest BCUT2D eigenvalue weighted by Gasteiger charge is 2.16. The molecule has 3 rings (SSSR count). The average Bonchev–Trinajstić information content (AvgIpc) is 2.79. The van der Waals surface area contributed by atoms with E-state index in [0.29, 0.717) is 35.1 Å². The highest BCUT2D eigenvalue weighted by molar-refractivity contribution is 6.09. The molecule has 1 N–H and O–H groups in total. The number of carbonyl (C=O) groups excluding carboxylic acids is 2. The molecule has 0 saturated carbocycles. The number of para-hydroxylation sites is 2. The van der Waals surface area contributed by atoms with Gasteiger partial charge in [-0.15, -0.1) is 0 Å². The van der Waals surface area contributed by atoms with Crippen molar-refractivity contribution in [2.24, 2.45) is 5.92 Å². The molecular formula is C26H28N2O3. The molecule has 0 atom stereocenters. The van der Waals surface area contributed by atoms with Crippen molar-refractivity contribution in [3.63, 3.8) is 0 Å². The van der Waals surface area contributed by atoms with Gasteiger partial charge in [-0.05, 0) is 54.8 Å². The zero-order chi connectivity index (χ0) is 22.2. The number of amides is 2. The quantitative estimate of drug-likeness (QED) is 0.517. The minimum atomic E-state index is -0.277. The van der Waals surface area contributed by atoms with Gasteiger partial charge in [0.1, 0.15) is 5.75 Å². The summed E-state index contributed by atoms with van der Waals surface area (Å²) in [5.41, 5.74) is 2.30. The number of nitrogens with one attached hydrogen (secondary N) is 1. The van der Waals surface area contributed by atoms with Crippen LogP contribution in [-0.4, -0.2) is 25.5 Å². The third kappa shape index (κ3) is 5.95. The fourth-order valence-corrected chi connectivity index (χ4v) is 3.08. The third-order valence-corrected chi connectivity index (χ3v) is 4.90. The lowest BCUT2D eigenvalue weighted by Gasteiger charge is -2.18. The summed E-state index contributed by atoms with van der Waals surface area (Å²) in [6.07, 6.45) is 0.912. The van der Waals surface area contributed by atoms with E-state index in [9.17, 15) is 9.59 Å². The SMILES string of the molecule is CC(C)CCOc1ccccc1C(=O)Nc1cccc(C(=O)N(C)c2ccccc2)c1. The van der Waals surface area contributed by atoms with Crippen LogP contribution in [0.1, 0.15) is 41.0 Å². The van der Waals surface area contributed by atoms with Crippen molar-refractivity contribution in [3.05, 3.63) is 90.0 Å². The van der Waals surface area contributed by atoms with Gasteiger partial charge in [0.15, 0.2) is 0 Å². The Morgan fingerprint density at radius 2 is 1.65 bits per heavy atom. The Hall–Kier alpha value is -3.60. The molecule has 0 unspecified atom stereocenters. The third-order valence-electron chi connectivity index (χ3n) is 4.90. The number of anilines is 2. The van der Waals surface area contributed by atoms with Gasteiger partial charge in [0.2, 0.25) is 0 Å². The van der Waals surface area contributed by atoms with E-state index in [1.807, 2.05) is 36.4 Å². The Morgan fingerprint density at radius 1 is 0.935 bits per heavy atom. The second kappa shape index (κ2) is 10.4. The Kier molecular flexibility index (Phi) is 7.44. The molecule has 0 aromatic heterocycles. The molecule has 3 aromatic rings. The number of rotatable bonds is 8. The van der Waals surface area contributed by atoms with E-state index in [4.69, 9.17) is 4.74 Å². The topological polar surface area (TPSA) is 58.6 Å². The highest BCUT2D eigenvalue weighted by Crippen LogP contribution is 2.22. The second-order valence-electron chi connectivity index (χ2n) is 7.76. The fourth-order valence-electron chi connectivity index (χ4n) is 3.08. The molecule has 3 aromatic carbocycles. The number of benzene rings is 3. The van der Waals surface area contributed by atoms with Crippen molar-refractivity contribution in [1.29, 1.82) is 0 Å². The standard InChI is InChI=1S/C26H28N2O3/c1-19(2)16-17-31-24-15-8-7-14-23(24)25(29)27-21-11-9-10-20(18-21)26(30)28(3)22-12-5-4-6-13-22/h4-15,18-19H,16-17H2,1-3H3,(H,27,29). The number of carbonyl (C=O) groups is 2. The molecule has 0 aliphatic carbocycles. The summed E-state index contributed by atoms with van der Waals surface area (Å²) in [4.78, 5) is 27.3. The van der Waals surface area contributed by atoms with Crippen LogP contribution in [-0.2, 0) is 0 Å². The van der Waals surface area contributed by atoms with E-state index in [1.54, 1.807) is 54.4 Å². The van der Waals surface area contributed by atoms with Crippen LogP contribution < -0.4 is 15.0 Å². The van der Waals surface area contributed by atoms with Crippen molar-refractivity contribution in [1.82, 2.24) is 0 Å². The van der Waals surface area contributed by atoms with Gasteiger partial charge in [-0.25, -0.2) is 0 Å². The largest absolute Gasteiger partial charge is 0.493 e. The monoisotopic (exact) mass is 416 g/mol. The highest BCUT2D eigenvalue weighted by atomic mass is 16.5. The van der Waals surface area contributed by atoms with Crippen LogP contribution in [0.25, 0.3) is 0 Å². The Morgan fingerprint density at radius 3 is 2.39 bits per heavy atom. The molecule has 0 radical (unpaired) electrons. The summed E-state index contributed by atoms with van der Waals surface area (Å²) >= 11 is 0. The van der Waals surface area contributed by atoms with E-state index in [0.717, 1.165) is 12.1 Å². The normalized spacial score (nSPS) is 10.6. The summed E-state index contributed by atoms with van der Waals surface area (Å²) < 4.78 is 5.83. The first kappa shape index (κ1) is 22.1. The van der Waals surface area contributed by atoms with Crippen LogP contribution in [0.15, 0.2) is 78.9 Å². The van der Waals surface area contributed by atoms with Crippen molar-refractivity contribution in [2.75, 3.05) is 23.9 Å². The minimum Gasteiger partial charge on any atom is -0.493 e. The van der Waals surface area contributed by atoms with Crippen LogP contribution in [0, 0.1) is 5.92 Å². The van der Waals surface area contributed by atoms with Crippen LogP contribution in [0.2, 0.25) is 0 Å². The lowest BCUT2D eigenvalue weighted by atomic mass is 10.1. The van der Waals surface area contributed by atoms with Crippen molar-refractivity contribution < 1.29 is 14.3 Å². The summed E-state index contributed by atoms with van der Waals surface area (Å²) in [6, 6.07) is 23.5. The van der Waals surface area contributed by atoms with E-state index >= 15 is 0 Å². The first-order valence-electron chi connectivity index (χ1n) is 10.4. The van der Waals surface area contributed by atoms with Crippen LogP contribution in [0.3, 0.4) is 0 Å². The second-order valence-corrected chi connectivity index (χ2v) is 7.76. The van der Waals surface area contributed by atoms with Gasteiger partial charge in [0.05, 0.1) is 12.2 Å². The van der Waals surface area contributed by atoms with E-state index in [1.165, 1.54) is 0 Å². The lowest BCUT2D eigenvalue weighted by Crippen LogP contribution is -2.26. The van der Waals surface area contributed by atoms with Crippen molar-refractivity contribution in [2.45, 2.75) is 20.3 Å². The van der Waals surface area contributed by atoms with Gasteiger partial charge >= 0.3 is 0 Å². The number of hydrogen-bond donors (Lipinski definition) is 1. The van der Waals surface area contributed by atoms with Crippen LogP contribution in [0.5, 0.6) is 5.75 Å². The summed E-state index contributed by atoms with van der Waals surface area (Å²) in [5.74, 6) is 0.646. The summed E-state index contributed by atoms with van der Waals surface area (Å²) in [6.45, 7) is 4.81. The number of ether oxygens (including phenoxy) is 1. The van der Waals surface area contributed by atoms with Gasteiger partial charge in [-0.2, -0.15) is 0 Å². The van der Waals surface area contributed by atoms with E-state index in [-0.39, 0.29) is 11.8 Å². The first-order valence-corrected chi connectivity index (χ1v) is 10.4. The maximum absolute atomic E-state index is 12.9. The minimum absolute atomic E-state index is 0.153. The molecular weight excluding hydrogens is 388 g/mol. The summed E-state index contributed by atoms with van der Waals surface area (Å²) in [7, 11) is 1.73. The molecule has 0 aliphatic rings. The number of hydrogen-bond acceptors (Lipinski definition) is 3. The number of nitrogens with zero attached hydrogens (tertiary/aromatic N) is 1. The Balaban J connectivity index is 1.73. The molecule has 0 heterocycles. The Bertz CT molecular complexity index is 1030.